The van der Waals surface area contributed by atoms with Gasteiger partial charge in [-0.3, -0.25) is 0 Å². The third-order valence-corrected chi connectivity index (χ3v) is 8.38. The van der Waals surface area contributed by atoms with Crippen molar-refractivity contribution in [3.05, 3.63) is 60.7 Å². The number of benzene rings is 2. The van der Waals surface area contributed by atoms with E-state index in [4.69, 9.17) is 14.2 Å². The average molecular weight is 392 g/mol. The standard InChI is InChI=1S/C19H20O5S2/c1-18(2)22-13-16(23-18)17-19(24-17,25-14-9-5-3-6-10-14)26(20,21)15-11-7-4-8-12-15/h3-12,16-17H,13H2,1-2H3/t16-,17-,19-/m1/s1. The minimum atomic E-state index is -3.74. The largest absolute Gasteiger partial charge is 0.348 e. The molecule has 26 heavy (non-hydrogen) atoms. The molecule has 7 heteroatoms. The fraction of sp³-hybridized carbons (Fsp3) is 0.368. The lowest BCUT2D eigenvalue weighted by atomic mass is 10.3. The Kier molecular flexibility index (Phi) is 4.40. The molecular formula is C19H20O5S2. The molecule has 2 heterocycles. The van der Waals surface area contributed by atoms with Crippen molar-refractivity contribution in [3.8, 4) is 0 Å². The van der Waals surface area contributed by atoms with Crippen molar-refractivity contribution in [1.29, 1.82) is 0 Å². The number of thioether (sulfide) groups is 1. The van der Waals surface area contributed by atoms with Gasteiger partial charge < -0.3 is 14.2 Å². The number of hydrogen-bond acceptors (Lipinski definition) is 6. The molecule has 5 nitrogen and oxygen atoms in total. The molecule has 0 aliphatic carbocycles. The zero-order valence-corrected chi connectivity index (χ0v) is 16.1. The van der Waals surface area contributed by atoms with Gasteiger partial charge in [-0.15, -0.1) is 0 Å². The molecule has 2 aromatic rings. The van der Waals surface area contributed by atoms with Gasteiger partial charge in [0.25, 0.3) is 4.27 Å². The number of epoxide rings is 1. The first-order valence-corrected chi connectivity index (χ1v) is 10.7. The molecule has 0 radical (unpaired) electrons. The lowest BCUT2D eigenvalue weighted by Crippen LogP contribution is -2.32. The Hall–Kier alpha value is -1.38. The quantitative estimate of drug-likeness (QED) is 0.726. The summed E-state index contributed by atoms with van der Waals surface area (Å²) in [6.07, 6.45) is -1.03. The molecule has 2 fully saturated rings. The van der Waals surface area contributed by atoms with Crippen LogP contribution < -0.4 is 0 Å². The van der Waals surface area contributed by atoms with Crippen molar-refractivity contribution in [1.82, 2.24) is 0 Å². The minimum Gasteiger partial charge on any atom is -0.348 e. The van der Waals surface area contributed by atoms with Gasteiger partial charge in [-0.25, -0.2) is 8.42 Å². The number of rotatable bonds is 5. The van der Waals surface area contributed by atoms with Gasteiger partial charge in [0.05, 0.1) is 11.5 Å². The van der Waals surface area contributed by atoms with Gasteiger partial charge >= 0.3 is 0 Å². The molecule has 0 amide bonds. The normalized spacial score (nSPS) is 30.2. The topological polar surface area (TPSA) is 65.1 Å². The highest BCUT2D eigenvalue weighted by Crippen LogP contribution is 2.58. The van der Waals surface area contributed by atoms with Gasteiger partial charge in [-0.05, 0) is 38.1 Å². The van der Waals surface area contributed by atoms with Crippen LogP contribution in [0.1, 0.15) is 13.8 Å². The van der Waals surface area contributed by atoms with Crippen LogP contribution >= 0.6 is 11.8 Å². The molecule has 0 N–H and O–H groups in total. The number of hydrogen-bond donors (Lipinski definition) is 0. The van der Waals surface area contributed by atoms with E-state index in [1.54, 1.807) is 30.3 Å². The first-order chi connectivity index (χ1) is 12.3. The zero-order chi connectivity index (χ0) is 18.4. The fourth-order valence-electron chi connectivity index (χ4n) is 3.08. The highest BCUT2D eigenvalue weighted by atomic mass is 32.3. The van der Waals surface area contributed by atoms with E-state index in [-0.39, 0.29) is 4.90 Å². The highest BCUT2D eigenvalue weighted by molar-refractivity contribution is 8.15. The maximum absolute atomic E-state index is 13.4. The van der Waals surface area contributed by atoms with Crippen LogP contribution in [0, 0.1) is 0 Å². The van der Waals surface area contributed by atoms with Gasteiger partial charge in [0.1, 0.15) is 12.2 Å². The van der Waals surface area contributed by atoms with E-state index >= 15 is 0 Å². The summed E-state index contributed by atoms with van der Waals surface area (Å²) in [7, 11) is -3.74. The Bertz CT molecular complexity index is 883. The summed E-state index contributed by atoms with van der Waals surface area (Å²) in [5.74, 6) is -0.740. The molecule has 0 aromatic heterocycles. The van der Waals surface area contributed by atoms with Gasteiger partial charge in [-0.2, -0.15) is 0 Å². The molecule has 0 bridgehead atoms. The summed E-state index contributed by atoms with van der Waals surface area (Å²) in [6.45, 7) is 3.93. The minimum absolute atomic E-state index is 0.240. The summed E-state index contributed by atoms with van der Waals surface area (Å²) < 4.78 is 42.8. The summed E-state index contributed by atoms with van der Waals surface area (Å²) in [5, 5.41) is 0. The molecule has 2 saturated heterocycles. The Morgan fingerprint density at radius 2 is 1.58 bits per heavy atom. The third-order valence-electron chi connectivity index (χ3n) is 4.38. The van der Waals surface area contributed by atoms with Crippen LogP contribution in [-0.4, -0.2) is 37.3 Å². The fourth-order valence-corrected chi connectivity index (χ4v) is 6.67. The summed E-state index contributed by atoms with van der Waals surface area (Å²) in [4.78, 5) is 1.07. The molecule has 0 unspecified atom stereocenters. The highest BCUT2D eigenvalue weighted by Gasteiger charge is 2.71. The predicted octanol–water partition coefficient (Wildman–Crippen LogP) is 3.46. The molecule has 0 spiro atoms. The van der Waals surface area contributed by atoms with E-state index in [0.717, 1.165) is 4.90 Å². The van der Waals surface area contributed by atoms with E-state index in [2.05, 4.69) is 0 Å². The second-order valence-corrected chi connectivity index (χ2v) is 10.4. The van der Waals surface area contributed by atoms with Gasteiger partial charge in [-0.1, -0.05) is 48.2 Å². The van der Waals surface area contributed by atoms with E-state index in [1.807, 2.05) is 44.2 Å². The first-order valence-electron chi connectivity index (χ1n) is 8.37. The Balaban J connectivity index is 1.70. The zero-order valence-electron chi connectivity index (χ0n) is 14.5. The Labute approximate surface area is 157 Å². The molecule has 0 saturated carbocycles. The third kappa shape index (κ3) is 3.08. The van der Waals surface area contributed by atoms with Crippen molar-refractivity contribution in [3.63, 3.8) is 0 Å². The second kappa shape index (κ2) is 6.35. The van der Waals surface area contributed by atoms with Crippen LogP contribution in [0.3, 0.4) is 0 Å². The van der Waals surface area contributed by atoms with Crippen molar-refractivity contribution in [2.75, 3.05) is 6.61 Å². The lowest BCUT2D eigenvalue weighted by Gasteiger charge is -2.18. The van der Waals surface area contributed by atoms with Crippen LogP contribution in [0.2, 0.25) is 0 Å². The van der Waals surface area contributed by atoms with Crippen molar-refractivity contribution >= 4 is 21.6 Å². The molecular weight excluding hydrogens is 372 g/mol. The van der Waals surface area contributed by atoms with Gasteiger partial charge in [0, 0.05) is 4.90 Å². The van der Waals surface area contributed by atoms with Crippen molar-refractivity contribution < 1.29 is 22.6 Å². The Morgan fingerprint density at radius 1 is 0.962 bits per heavy atom. The van der Waals surface area contributed by atoms with Crippen LogP contribution in [-0.2, 0) is 24.0 Å². The van der Waals surface area contributed by atoms with Crippen LogP contribution in [0.25, 0.3) is 0 Å². The smallest absolute Gasteiger partial charge is 0.254 e. The second-order valence-electron chi connectivity index (χ2n) is 6.74. The molecule has 4 rings (SSSR count). The first kappa shape index (κ1) is 18.0. The molecule has 2 aliphatic rings. The predicted molar refractivity (Wildman–Crippen MR) is 98.4 cm³/mol. The number of ether oxygens (including phenoxy) is 3. The van der Waals surface area contributed by atoms with E-state index in [9.17, 15) is 8.42 Å². The summed E-state index contributed by atoms with van der Waals surface area (Å²) >= 11 is 1.21. The summed E-state index contributed by atoms with van der Waals surface area (Å²) in [6, 6.07) is 17.8. The molecule has 2 aromatic carbocycles. The van der Waals surface area contributed by atoms with Gasteiger partial charge in [0.2, 0.25) is 9.84 Å². The van der Waals surface area contributed by atoms with E-state index in [1.165, 1.54) is 11.8 Å². The van der Waals surface area contributed by atoms with Crippen molar-refractivity contribution in [2.24, 2.45) is 0 Å². The summed E-state index contributed by atoms with van der Waals surface area (Å²) in [5.41, 5.74) is 0. The Morgan fingerprint density at radius 3 is 2.15 bits per heavy atom. The van der Waals surface area contributed by atoms with Gasteiger partial charge in [0.15, 0.2) is 5.79 Å². The maximum Gasteiger partial charge on any atom is 0.254 e. The monoisotopic (exact) mass is 392 g/mol. The molecule has 138 valence electrons. The molecule has 3 atom stereocenters. The maximum atomic E-state index is 13.4. The SMILES string of the molecule is CC1(C)OC[C@H]([C@H]2O[C@]2(Sc2ccccc2)S(=O)(=O)c2ccccc2)O1. The van der Waals surface area contributed by atoms with Crippen molar-refractivity contribution in [2.45, 2.75) is 45.9 Å². The van der Waals surface area contributed by atoms with Crippen LogP contribution in [0.5, 0.6) is 0 Å². The number of sulfone groups is 1. The van der Waals surface area contributed by atoms with E-state index in [0.29, 0.717) is 6.61 Å². The lowest BCUT2D eigenvalue weighted by molar-refractivity contribution is -0.140. The van der Waals surface area contributed by atoms with Crippen LogP contribution in [0.4, 0.5) is 0 Å². The molecule has 2 aliphatic heterocycles. The van der Waals surface area contributed by atoms with E-state index < -0.39 is 32.1 Å². The van der Waals surface area contributed by atoms with Crippen LogP contribution in [0.15, 0.2) is 70.5 Å². The average Bonchev–Trinajstić information content (AvgIpc) is 3.25.